The van der Waals surface area contributed by atoms with Crippen LogP contribution in [0.5, 0.6) is 0 Å². The first-order chi connectivity index (χ1) is 7.27. The molecule has 0 bridgehead atoms. The van der Waals surface area contributed by atoms with Gasteiger partial charge < -0.3 is 21.0 Å². The zero-order valence-electron chi connectivity index (χ0n) is 9.28. The summed E-state index contributed by atoms with van der Waals surface area (Å²) >= 11 is 0. The number of oxime groups is 1. The van der Waals surface area contributed by atoms with E-state index >= 15 is 0 Å². The lowest BCUT2D eigenvalue weighted by Gasteiger charge is -2.24. The quantitative estimate of drug-likeness (QED) is 0.270. The molecular formula is C10H21N3O2. The second-order valence-corrected chi connectivity index (χ2v) is 3.95. The van der Waals surface area contributed by atoms with E-state index in [4.69, 9.17) is 15.7 Å². The third-order valence-electron chi connectivity index (χ3n) is 2.87. The minimum absolute atomic E-state index is 0.0159. The van der Waals surface area contributed by atoms with Gasteiger partial charge in [0.05, 0.1) is 6.04 Å². The maximum absolute atomic E-state index is 8.58. The van der Waals surface area contributed by atoms with E-state index in [9.17, 15) is 0 Å². The molecule has 0 aromatic rings. The molecule has 1 aliphatic rings. The lowest BCUT2D eigenvalue weighted by molar-refractivity contribution is 0.0659. The van der Waals surface area contributed by atoms with Crippen molar-refractivity contribution >= 4 is 5.84 Å². The lowest BCUT2D eigenvalue weighted by Crippen LogP contribution is -2.43. The van der Waals surface area contributed by atoms with Crippen LogP contribution in [0.2, 0.25) is 0 Å². The Morgan fingerprint density at radius 2 is 2.27 bits per heavy atom. The molecule has 0 aliphatic carbocycles. The van der Waals surface area contributed by atoms with Crippen LogP contribution in [-0.4, -0.2) is 36.8 Å². The Balaban J connectivity index is 2.26. The van der Waals surface area contributed by atoms with Crippen LogP contribution in [0, 0.1) is 5.92 Å². The number of rotatable bonds is 5. The summed E-state index contributed by atoms with van der Waals surface area (Å²) in [7, 11) is 0. The Morgan fingerprint density at radius 3 is 2.80 bits per heavy atom. The molecule has 0 aromatic carbocycles. The van der Waals surface area contributed by atoms with Gasteiger partial charge in [-0.3, -0.25) is 0 Å². The van der Waals surface area contributed by atoms with Crippen molar-refractivity contribution in [3.63, 3.8) is 0 Å². The average molecular weight is 215 g/mol. The molecule has 1 rings (SSSR count). The third kappa shape index (κ3) is 4.05. The van der Waals surface area contributed by atoms with Gasteiger partial charge in [-0.25, -0.2) is 0 Å². The first-order valence-corrected chi connectivity index (χ1v) is 5.56. The molecule has 0 radical (unpaired) electrons. The molecule has 0 amide bonds. The molecule has 0 saturated carbocycles. The Kier molecular flexibility index (Phi) is 5.42. The van der Waals surface area contributed by atoms with Crippen LogP contribution in [-0.2, 0) is 4.74 Å². The van der Waals surface area contributed by atoms with Gasteiger partial charge in [0.2, 0.25) is 0 Å². The highest BCUT2D eigenvalue weighted by molar-refractivity contribution is 5.85. The zero-order chi connectivity index (χ0) is 11.1. The highest BCUT2D eigenvalue weighted by Gasteiger charge is 2.17. The smallest absolute Gasteiger partial charge is 0.156 e. The second-order valence-electron chi connectivity index (χ2n) is 3.95. The monoisotopic (exact) mass is 215 g/mol. The standard InChI is InChI=1S/C10H21N3O2/c1-2-9(10(11)13-14)12-7-8-3-5-15-6-4-8/h8-9,12,14H,2-7H2,1H3,(H2,11,13). The molecule has 5 heteroatoms. The van der Waals surface area contributed by atoms with Crippen LogP contribution in [0.15, 0.2) is 5.16 Å². The summed E-state index contributed by atoms with van der Waals surface area (Å²) < 4.78 is 5.29. The maximum atomic E-state index is 8.58. The van der Waals surface area contributed by atoms with Crippen LogP contribution in [0.3, 0.4) is 0 Å². The average Bonchev–Trinajstić information content (AvgIpc) is 2.31. The van der Waals surface area contributed by atoms with Crippen molar-refractivity contribution in [2.45, 2.75) is 32.2 Å². The topological polar surface area (TPSA) is 79.9 Å². The van der Waals surface area contributed by atoms with E-state index in [1.54, 1.807) is 0 Å². The van der Waals surface area contributed by atoms with Crippen LogP contribution in [0.1, 0.15) is 26.2 Å². The van der Waals surface area contributed by atoms with Gasteiger partial charge in [0.15, 0.2) is 5.84 Å². The van der Waals surface area contributed by atoms with Crippen molar-refractivity contribution in [3.05, 3.63) is 0 Å². The maximum Gasteiger partial charge on any atom is 0.156 e. The van der Waals surface area contributed by atoms with Gasteiger partial charge in [-0.15, -0.1) is 0 Å². The molecular weight excluding hydrogens is 194 g/mol. The number of hydrogen-bond donors (Lipinski definition) is 3. The summed E-state index contributed by atoms with van der Waals surface area (Å²) in [5, 5.41) is 14.9. The largest absolute Gasteiger partial charge is 0.409 e. The molecule has 4 N–H and O–H groups in total. The van der Waals surface area contributed by atoms with E-state index in [1.165, 1.54) is 0 Å². The number of ether oxygens (including phenoxy) is 1. The Morgan fingerprint density at radius 1 is 1.60 bits per heavy atom. The van der Waals surface area contributed by atoms with Crippen LogP contribution < -0.4 is 11.1 Å². The van der Waals surface area contributed by atoms with E-state index in [0.717, 1.165) is 39.0 Å². The number of nitrogens with zero attached hydrogens (tertiary/aromatic N) is 1. The molecule has 0 aromatic heterocycles. The van der Waals surface area contributed by atoms with Gasteiger partial charge in [-0.05, 0) is 31.7 Å². The van der Waals surface area contributed by atoms with E-state index in [2.05, 4.69) is 10.5 Å². The van der Waals surface area contributed by atoms with Gasteiger partial charge in [-0.2, -0.15) is 0 Å². The van der Waals surface area contributed by atoms with Crippen molar-refractivity contribution in [2.75, 3.05) is 19.8 Å². The summed E-state index contributed by atoms with van der Waals surface area (Å²) in [6, 6.07) is -0.0159. The van der Waals surface area contributed by atoms with Crippen molar-refractivity contribution in [1.29, 1.82) is 0 Å². The molecule has 1 saturated heterocycles. The summed E-state index contributed by atoms with van der Waals surface area (Å²) in [6.07, 6.45) is 3.03. The van der Waals surface area contributed by atoms with Crippen molar-refractivity contribution in [2.24, 2.45) is 16.8 Å². The van der Waals surface area contributed by atoms with E-state index in [-0.39, 0.29) is 11.9 Å². The predicted molar refractivity (Wildman–Crippen MR) is 59.0 cm³/mol. The predicted octanol–water partition coefficient (Wildman–Crippen LogP) is 0.528. The Bertz CT molecular complexity index is 203. The Hall–Kier alpha value is -0.810. The Labute approximate surface area is 90.7 Å². The minimum atomic E-state index is -0.0159. The number of amidine groups is 1. The van der Waals surface area contributed by atoms with E-state index < -0.39 is 0 Å². The fourth-order valence-electron chi connectivity index (χ4n) is 1.79. The fraction of sp³-hybridized carbons (Fsp3) is 0.900. The summed E-state index contributed by atoms with van der Waals surface area (Å²) in [6.45, 7) is 4.64. The van der Waals surface area contributed by atoms with Crippen molar-refractivity contribution in [1.82, 2.24) is 5.32 Å². The highest BCUT2D eigenvalue weighted by Crippen LogP contribution is 2.13. The van der Waals surface area contributed by atoms with Gasteiger partial charge in [0, 0.05) is 13.2 Å². The van der Waals surface area contributed by atoms with Crippen LogP contribution >= 0.6 is 0 Å². The normalized spacial score (nSPS) is 21.5. The van der Waals surface area contributed by atoms with Gasteiger partial charge >= 0.3 is 0 Å². The highest BCUT2D eigenvalue weighted by atomic mass is 16.5. The summed E-state index contributed by atoms with van der Waals surface area (Å²) in [5.74, 6) is 0.920. The molecule has 1 unspecified atom stereocenters. The molecule has 5 nitrogen and oxygen atoms in total. The molecule has 15 heavy (non-hydrogen) atoms. The van der Waals surface area contributed by atoms with Crippen LogP contribution in [0.25, 0.3) is 0 Å². The molecule has 88 valence electrons. The number of nitrogens with one attached hydrogen (secondary N) is 1. The molecule has 1 aliphatic heterocycles. The third-order valence-corrected chi connectivity index (χ3v) is 2.87. The summed E-state index contributed by atoms with van der Waals surface area (Å²) in [5.41, 5.74) is 5.56. The SMILES string of the molecule is CCC(NCC1CCOCC1)C(N)=NO. The molecule has 0 spiro atoms. The van der Waals surface area contributed by atoms with Crippen molar-refractivity contribution in [3.8, 4) is 0 Å². The van der Waals surface area contributed by atoms with Crippen LogP contribution in [0.4, 0.5) is 0 Å². The fourth-order valence-corrected chi connectivity index (χ4v) is 1.79. The van der Waals surface area contributed by atoms with E-state index in [1.807, 2.05) is 6.92 Å². The van der Waals surface area contributed by atoms with Crippen molar-refractivity contribution < 1.29 is 9.94 Å². The molecule has 1 atom stereocenters. The number of hydrogen-bond acceptors (Lipinski definition) is 4. The second kappa shape index (κ2) is 6.63. The first-order valence-electron chi connectivity index (χ1n) is 5.56. The summed E-state index contributed by atoms with van der Waals surface area (Å²) in [4.78, 5) is 0. The minimum Gasteiger partial charge on any atom is -0.409 e. The lowest BCUT2D eigenvalue weighted by atomic mass is 10.00. The zero-order valence-corrected chi connectivity index (χ0v) is 9.28. The molecule has 1 fully saturated rings. The number of nitrogens with two attached hydrogens (primary N) is 1. The van der Waals surface area contributed by atoms with Gasteiger partial charge in [0.25, 0.3) is 0 Å². The first kappa shape index (κ1) is 12.3. The van der Waals surface area contributed by atoms with Gasteiger partial charge in [-0.1, -0.05) is 12.1 Å². The van der Waals surface area contributed by atoms with E-state index in [0.29, 0.717) is 5.92 Å². The van der Waals surface area contributed by atoms with Gasteiger partial charge in [0.1, 0.15) is 0 Å². The molecule has 1 heterocycles.